The Morgan fingerprint density at radius 3 is 2.36 bits per heavy atom. The molecule has 3 aromatic heterocycles. The lowest BCUT2D eigenvalue weighted by Gasteiger charge is -2.34. The minimum atomic E-state index is -0.168. The molecule has 0 N–H and O–H groups in total. The maximum atomic E-state index is 13.1. The maximum absolute atomic E-state index is 13.1. The highest BCUT2D eigenvalue weighted by Gasteiger charge is 2.29. The lowest BCUT2D eigenvalue weighted by atomic mass is 10.2. The summed E-state index contributed by atoms with van der Waals surface area (Å²) >= 11 is 1.26. The Bertz CT molecular complexity index is 1120. The Morgan fingerprint density at radius 2 is 1.75 bits per heavy atom. The zero-order valence-electron chi connectivity index (χ0n) is 15.9. The van der Waals surface area contributed by atoms with Crippen LogP contribution >= 0.6 is 11.3 Å². The molecule has 4 rings (SSSR count). The fourth-order valence-corrected chi connectivity index (χ4v) is 4.57. The summed E-state index contributed by atoms with van der Waals surface area (Å²) < 4.78 is 6.66. The van der Waals surface area contributed by atoms with E-state index in [4.69, 9.17) is 4.42 Å². The topological polar surface area (TPSA) is 88.7 Å². The first kappa shape index (κ1) is 18.4. The minimum absolute atomic E-state index is 0.120. The van der Waals surface area contributed by atoms with Crippen molar-refractivity contribution in [2.75, 3.05) is 26.2 Å². The van der Waals surface area contributed by atoms with Crippen molar-refractivity contribution in [3.8, 4) is 0 Å². The zero-order valence-corrected chi connectivity index (χ0v) is 16.7. The molecule has 1 aliphatic rings. The van der Waals surface area contributed by atoms with Gasteiger partial charge in [0.05, 0.1) is 16.5 Å². The molecule has 0 aromatic carbocycles. The highest BCUT2D eigenvalue weighted by molar-refractivity contribution is 7.20. The summed E-state index contributed by atoms with van der Waals surface area (Å²) in [5.41, 5.74) is 0.538. The number of fused-ring (bicyclic) bond motifs is 1. The Labute approximate surface area is 165 Å². The van der Waals surface area contributed by atoms with Gasteiger partial charge in [-0.15, -0.1) is 11.3 Å². The Hall–Kier alpha value is -2.94. The van der Waals surface area contributed by atoms with Crippen LogP contribution < -0.4 is 5.56 Å². The van der Waals surface area contributed by atoms with Gasteiger partial charge in [-0.1, -0.05) is 0 Å². The van der Waals surface area contributed by atoms with E-state index in [9.17, 15) is 14.4 Å². The summed E-state index contributed by atoms with van der Waals surface area (Å²) in [6.07, 6.45) is 1.47. The number of hydrogen-bond donors (Lipinski definition) is 0. The van der Waals surface area contributed by atoms with Crippen molar-refractivity contribution in [2.45, 2.75) is 13.8 Å². The van der Waals surface area contributed by atoms with Gasteiger partial charge in [-0.05, 0) is 31.5 Å². The summed E-state index contributed by atoms with van der Waals surface area (Å²) in [6, 6.07) is 3.31. The van der Waals surface area contributed by atoms with Gasteiger partial charge in [0, 0.05) is 33.2 Å². The van der Waals surface area contributed by atoms with Crippen LogP contribution in [0, 0.1) is 13.8 Å². The van der Waals surface area contributed by atoms with Crippen LogP contribution in [0.25, 0.3) is 10.2 Å². The summed E-state index contributed by atoms with van der Waals surface area (Å²) in [6.45, 7) is 5.31. The van der Waals surface area contributed by atoms with Crippen LogP contribution in [-0.2, 0) is 7.05 Å². The standard InChI is InChI=1S/C19H20N4O4S/c1-11-14-16(20-12(2)21(3)18(14)25)28-15(11)19(26)23-8-6-22(7-9-23)17(24)13-5-4-10-27-13/h4-5,10H,6-9H2,1-3H3. The van der Waals surface area contributed by atoms with Gasteiger partial charge in [-0.3, -0.25) is 19.0 Å². The number of hydrogen-bond acceptors (Lipinski definition) is 6. The highest BCUT2D eigenvalue weighted by Crippen LogP contribution is 2.28. The number of piperazine rings is 1. The van der Waals surface area contributed by atoms with Crippen molar-refractivity contribution in [1.29, 1.82) is 0 Å². The quantitative estimate of drug-likeness (QED) is 0.655. The fourth-order valence-electron chi connectivity index (χ4n) is 3.38. The largest absolute Gasteiger partial charge is 0.459 e. The monoisotopic (exact) mass is 400 g/mol. The summed E-state index contributed by atoms with van der Waals surface area (Å²) in [5, 5.41) is 0.507. The molecule has 0 unspecified atom stereocenters. The molecule has 0 spiro atoms. The van der Waals surface area contributed by atoms with Crippen molar-refractivity contribution in [3.05, 3.63) is 50.8 Å². The summed E-state index contributed by atoms with van der Waals surface area (Å²) in [4.78, 5) is 47.0. The minimum Gasteiger partial charge on any atom is -0.459 e. The van der Waals surface area contributed by atoms with Crippen LogP contribution in [0.2, 0.25) is 0 Å². The van der Waals surface area contributed by atoms with Gasteiger partial charge >= 0.3 is 0 Å². The molecule has 3 aromatic rings. The van der Waals surface area contributed by atoms with E-state index in [0.29, 0.717) is 58.4 Å². The first-order chi connectivity index (χ1) is 13.4. The van der Waals surface area contributed by atoms with E-state index < -0.39 is 0 Å². The van der Waals surface area contributed by atoms with E-state index in [1.807, 2.05) is 0 Å². The number of carbonyl (C=O) groups excluding carboxylic acids is 2. The average molecular weight is 400 g/mol. The predicted octanol–water partition coefficient (Wildman–Crippen LogP) is 1.80. The molecule has 1 fully saturated rings. The number of thiophene rings is 1. The third-order valence-electron chi connectivity index (χ3n) is 5.18. The third-order valence-corrected chi connectivity index (χ3v) is 6.35. The van der Waals surface area contributed by atoms with Crippen LogP contribution in [0.3, 0.4) is 0 Å². The molecule has 146 valence electrons. The van der Waals surface area contributed by atoms with E-state index in [1.165, 1.54) is 22.2 Å². The van der Waals surface area contributed by atoms with E-state index >= 15 is 0 Å². The van der Waals surface area contributed by atoms with Gasteiger partial charge in [-0.25, -0.2) is 4.98 Å². The molecule has 0 radical (unpaired) electrons. The number of nitrogens with zero attached hydrogens (tertiary/aromatic N) is 4. The summed E-state index contributed by atoms with van der Waals surface area (Å²) in [5.74, 6) is 0.629. The van der Waals surface area contributed by atoms with E-state index in [-0.39, 0.29) is 17.4 Å². The van der Waals surface area contributed by atoms with Crippen LogP contribution in [0.15, 0.2) is 27.6 Å². The van der Waals surface area contributed by atoms with Crippen LogP contribution in [0.4, 0.5) is 0 Å². The molecule has 8 nitrogen and oxygen atoms in total. The lowest BCUT2D eigenvalue weighted by molar-refractivity contribution is 0.0520. The molecule has 2 amide bonds. The summed E-state index contributed by atoms with van der Waals surface area (Å²) in [7, 11) is 1.68. The molecule has 0 saturated carbocycles. The van der Waals surface area contributed by atoms with Crippen LogP contribution in [0.1, 0.15) is 31.6 Å². The first-order valence-electron chi connectivity index (χ1n) is 8.97. The van der Waals surface area contributed by atoms with E-state index in [2.05, 4.69) is 4.98 Å². The second kappa shape index (κ2) is 6.90. The normalized spacial score (nSPS) is 14.7. The van der Waals surface area contributed by atoms with Crippen molar-refractivity contribution >= 4 is 33.4 Å². The lowest BCUT2D eigenvalue weighted by Crippen LogP contribution is -2.50. The number of amides is 2. The van der Waals surface area contributed by atoms with E-state index in [1.54, 1.807) is 42.8 Å². The zero-order chi connectivity index (χ0) is 20.0. The van der Waals surface area contributed by atoms with Crippen molar-refractivity contribution in [1.82, 2.24) is 19.4 Å². The van der Waals surface area contributed by atoms with Crippen molar-refractivity contribution in [2.24, 2.45) is 7.05 Å². The molecule has 1 aliphatic heterocycles. The molecule has 9 heteroatoms. The molecule has 4 heterocycles. The Kier molecular flexibility index (Phi) is 4.54. The number of carbonyl (C=O) groups is 2. The van der Waals surface area contributed by atoms with Crippen LogP contribution in [0.5, 0.6) is 0 Å². The SMILES string of the molecule is Cc1c(C(=O)N2CCN(C(=O)c3ccco3)CC2)sc2nc(C)n(C)c(=O)c12. The average Bonchev–Trinajstić information content (AvgIpc) is 3.34. The van der Waals surface area contributed by atoms with Gasteiger partial charge in [0.1, 0.15) is 10.7 Å². The molecule has 1 saturated heterocycles. The second-order valence-corrected chi connectivity index (χ2v) is 7.82. The van der Waals surface area contributed by atoms with Gasteiger partial charge in [0.25, 0.3) is 17.4 Å². The third kappa shape index (κ3) is 2.91. The van der Waals surface area contributed by atoms with Gasteiger partial charge < -0.3 is 14.2 Å². The van der Waals surface area contributed by atoms with Crippen molar-refractivity contribution in [3.63, 3.8) is 0 Å². The highest BCUT2D eigenvalue weighted by atomic mass is 32.1. The first-order valence-corrected chi connectivity index (χ1v) is 9.79. The van der Waals surface area contributed by atoms with Gasteiger partial charge in [-0.2, -0.15) is 0 Å². The number of furan rings is 1. The van der Waals surface area contributed by atoms with E-state index in [0.717, 1.165) is 0 Å². The van der Waals surface area contributed by atoms with Crippen molar-refractivity contribution < 1.29 is 14.0 Å². The van der Waals surface area contributed by atoms with Gasteiger partial charge in [0.15, 0.2) is 5.76 Å². The molecular formula is C19H20N4O4S. The fraction of sp³-hybridized carbons (Fsp3) is 0.368. The molecule has 0 atom stereocenters. The predicted molar refractivity (Wildman–Crippen MR) is 105 cm³/mol. The Balaban J connectivity index is 1.55. The number of aromatic nitrogens is 2. The second-order valence-electron chi connectivity index (χ2n) is 6.82. The molecule has 0 aliphatic carbocycles. The number of rotatable bonds is 2. The van der Waals surface area contributed by atoms with Crippen LogP contribution in [-0.4, -0.2) is 57.3 Å². The molecular weight excluding hydrogens is 380 g/mol. The van der Waals surface area contributed by atoms with Gasteiger partial charge in [0.2, 0.25) is 0 Å². The smallest absolute Gasteiger partial charge is 0.289 e. The Morgan fingerprint density at radius 1 is 1.11 bits per heavy atom. The molecule has 28 heavy (non-hydrogen) atoms. The maximum Gasteiger partial charge on any atom is 0.289 e. The molecule has 0 bridgehead atoms. The number of aryl methyl sites for hydroxylation is 2.